The smallest absolute Gasteiger partial charge is 0.0776 e. The summed E-state index contributed by atoms with van der Waals surface area (Å²) in [5, 5.41) is 0. The van der Waals surface area contributed by atoms with Gasteiger partial charge in [-0.25, -0.2) is 0 Å². The summed E-state index contributed by atoms with van der Waals surface area (Å²) in [6, 6.07) is 0. The standard InChI is InChI=1S/CH4.Ag.Al.Cu.3H/h1H4;;;;;;. The van der Waals surface area contributed by atoms with Crippen molar-refractivity contribution in [3.63, 3.8) is 0 Å². The zero-order valence-electron chi connectivity index (χ0n) is 0.603. The largest absolute Gasteiger partial charge is 0.187 e. The zero-order chi connectivity index (χ0) is 0. The van der Waals surface area contributed by atoms with Crippen LogP contribution in [-0.2, 0) is 39.4 Å². The first-order chi connectivity index (χ1) is 0. The third-order valence-corrected chi connectivity index (χ3v) is 0. The van der Waals surface area contributed by atoms with Crippen LogP contribution in [-0.4, -0.2) is 17.4 Å². The Morgan fingerprint density at radius 2 is 1.00 bits per heavy atom. The van der Waals surface area contributed by atoms with Gasteiger partial charge in [-0.3, -0.25) is 0 Å². The van der Waals surface area contributed by atoms with Crippen LogP contribution in [0.4, 0.5) is 0 Å². The Kier molecular flexibility index (Phi) is 222. The molecular weight excluding hydrogens is 210 g/mol. The normalized spacial score (nSPS) is 0. The topological polar surface area (TPSA) is 0 Å². The van der Waals surface area contributed by atoms with Gasteiger partial charge in [-0.2, -0.15) is 0 Å². The Labute approximate surface area is 63.8 Å². The molecule has 0 aromatic carbocycles. The Bertz CT molecular complexity index is 8.00. The van der Waals surface area contributed by atoms with Crippen LogP contribution in [0.15, 0.2) is 0 Å². The first-order valence-electron chi connectivity index (χ1n) is 0. The quantitative estimate of drug-likeness (QED) is 0.478. The zero-order valence-corrected chi connectivity index (χ0v) is 3.03. The summed E-state index contributed by atoms with van der Waals surface area (Å²) in [7, 11) is 0. The molecule has 2 radical (unpaired) electrons. The van der Waals surface area contributed by atoms with Crippen LogP contribution < -0.4 is 0 Å². The van der Waals surface area contributed by atoms with Crippen molar-refractivity contribution in [2.45, 2.75) is 7.43 Å². The minimum absolute atomic E-state index is 0. The van der Waals surface area contributed by atoms with Crippen LogP contribution in [0.25, 0.3) is 0 Å². The van der Waals surface area contributed by atoms with Gasteiger partial charge in [-0.1, -0.05) is 7.43 Å². The van der Waals surface area contributed by atoms with Crippen molar-refractivity contribution in [3.8, 4) is 0 Å². The summed E-state index contributed by atoms with van der Waals surface area (Å²) in [5.74, 6) is 0. The molecular formula is CH7AgAlCu. The van der Waals surface area contributed by atoms with Gasteiger partial charge in [0.1, 0.15) is 0 Å². The molecule has 0 aliphatic carbocycles. The summed E-state index contributed by atoms with van der Waals surface area (Å²) in [5.41, 5.74) is 0. The van der Waals surface area contributed by atoms with E-state index in [0.717, 1.165) is 0 Å². The molecule has 0 fully saturated rings. The van der Waals surface area contributed by atoms with Crippen LogP contribution >= 0.6 is 0 Å². The van der Waals surface area contributed by atoms with E-state index in [4.69, 9.17) is 0 Å². The summed E-state index contributed by atoms with van der Waals surface area (Å²) in [4.78, 5) is 0. The van der Waals surface area contributed by atoms with Gasteiger partial charge < -0.3 is 0 Å². The van der Waals surface area contributed by atoms with E-state index in [1.165, 1.54) is 0 Å². The maximum atomic E-state index is 0. The predicted octanol–water partition coefficient (Wildman–Crippen LogP) is -0.553. The van der Waals surface area contributed by atoms with E-state index in [1.54, 1.807) is 0 Å². The maximum absolute atomic E-state index is 0. The average molecular weight is 217 g/mol. The van der Waals surface area contributed by atoms with Gasteiger partial charge in [0, 0.05) is 39.4 Å². The van der Waals surface area contributed by atoms with Gasteiger partial charge in [-0.15, -0.1) is 0 Å². The summed E-state index contributed by atoms with van der Waals surface area (Å²) in [6.45, 7) is 0. The van der Waals surface area contributed by atoms with Crippen LogP contribution in [0.1, 0.15) is 7.43 Å². The monoisotopic (exact) mass is 216 g/mol. The van der Waals surface area contributed by atoms with E-state index in [1.807, 2.05) is 0 Å². The van der Waals surface area contributed by atoms with Crippen molar-refractivity contribution in [3.05, 3.63) is 0 Å². The third kappa shape index (κ3) is 9.20. The Balaban J connectivity index is 0. The minimum Gasteiger partial charge on any atom is -0.0776 e. The van der Waals surface area contributed by atoms with E-state index >= 15 is 0 Å². The number of hydrogen-bond acceptors (Lipinski definition) is 0. The van der Waals surface area contributed by atoms with Crippen molar-refractivity contribution in [1.82, 2.24) is 0 Å². The fourth-order valence-electron chi connectivity index (χ4n) is 0. The Morgan fingerprint density at radius 1 is 1.00 bits per heavy atom. The van der Waals surface area contributed by atoms with E-state index < -0.39 is 0 Å². The van der Waals surface area contributed by atoms with Crippen molar-refractivity contribution in [1.29, 1.82) is 0 Å². The molecule has 4 heavy (non-hydrogen) atoms. The third-order valence-electron chi connectivity index (χ3n) is 0. The van der Waals surface area contributed by atoms with Crippen molar-refractivity contribution in [2.75, 3.05) is 0 Å². The van der Waals surface area contributed by atoms with Crippen LogP contribution in [0.3, 0.4) is 0 Å². The molecule has 0 heterocycles. The minimum atomic E-state index is 0. The molecule has 0 unspecified atom stereocenters. The molecule has 0 aliphatic heterocycles. The molecule has 0 aromatic rings. The molecule has 0 rings (SSSR count). The maximum Gasteiger partial charge on any atom is 0.187 e. The fourth-order valence-corrected chi connectivity index (χ4v) is 0. The molecule has 0 saturated carbocycles. The average Bonchev–Trinajstić information content (AvgIpc) is 0. The Morgan fingerprint density at radius 3 is 1.00 bits per heavy atom. The molecule has 0 amide bonds. The Hall–Kier alpha value is 1.79. The molecule has 0 atom stereocenters. The van der Waals surface area contributed by atoms with Gasteiger partial charge in [0.2, 0.25) is 0 Å². The van der Waals surface area contributed by atoms with Crippen LogP contribution in [0.5, 0.6) is 0 Å². The van der Waals surface area contributed by atoms with Crippen molar-refractivity contribution in [2.24, 2.45) is 0 Å². The molecule has 36 valence electrons. The van der Waals surface area contributed by atoms with Crippen molar-refractivity contribution < 1.29 is 39.4 Å². The van der Waals surface area contributed by atoms with E-state index in [2.05, 4.69) is 0 Å². The number of rotatable bonds is 0. The molecule has 0 saturated heterocycles. The summed E-state index contributed by atoms with van der Waals surface area (Å²) >= 11 is 0. The second-order valence-electron chi connectivity index (χ2n) is 0. The molecule has 3 heteroatoms. The van der Waals surface area contributed by atoms with Gasteiger partial charge in [0.05, 0.1) is 0 Å². The van der Waals surface area contributed by atoms with Gasteiger partial charge in [0.25, 0.3) is 0 Å². The van der Waals surface area contributed by atoms with Gasteiger partial charge >= 0.3 is 0 Å². The second-order valence-corrected chi connectivity index (χ2v) is 0. The first-order valence-corrected chi connectivity index (χ1v) is 0. The molecule has 0 N–H and O–H groups in total. The SMILES string of the molecule is C.[Ag].[AlH3].[Cu]. The first kappa shape index (κ1) is 41.4. The van der Waals surface area contributed by atoms with E-state index in [9.17, 15) is 0 Å². The number of hydrogen-bond donors (Lipinski definition) is 0. The summed E-state index contributed by atoms with van der Waals surface area (Å²) in [6.07, 6.45) is 0. The molecule has 0 bridgehead atoms. The van der Waals surface area contributed by atoms with Gasteiger partial charge in [0.15, 0.2) is 17.4 Å². The molecule has 0 nitrogen and oxygen atoms in total. The van der Waals surface area contributed by atoms with E-state index in [0.29, 0.717) is 0 Å². The van der Waals surface area contributed by atoms with E-state index in [-0.39, 0.29) is 64.2 Å². The molecule has 0 aromatic heterocycles. The molecule has 0 spiro atoms. The molecule has 0 aliphatic rings. The second kappa shape index (κ2) is 21.5. The van der Waals surface area contributed by atoms with Crippen LogP contribution in [0, 0.1) is 0 Å². The fraction of sp³-hybridized carbons (Fsp3) is 1.00. The van der Waals surface area contributed by atoms with Gasteiger partial charge in [-0.05, 0) is 0 Å². The predicted molar refractivity (Wildman–Crippen MR) is 16.7 cm³/mol. The summed E-state index contributed by atoms with van der Waals surface area (Å²) < 4.78 is 0. The van der Waals surface area contributed by atoms with Crippen LogP contribution in [0.2, 0.25) is 0 Å². The van der Waals surface area contributed by atoms with Crippen molar-refractivity contribution >= 4 is 17.4 Å².